The largest absolute Gasteiger partial charge is 0.216 e. The van der Waals surface area contributed by atoms with E-state index in [2.05, 4.69) is 6.92 Å². The number of hydrogen-bond donors (Lipinski definition) is 0. The SMILES string of the molecule is CCCCCCCCCC/C=C\F. The van der Waals surface area contributed by atoms with Crippen LogP contribution in [0.3, 0.4) is 0 Å². The summed E-state index contributed by atoms with van der Waals surface area (Å²) in [6, 6.07) is 0. The van der Waals surface area contributed by atoms with E-state index in [1.807, 2.05) is 0 Å². The summed E-state index contributed by atoms with van der Waals surface area (Å²) in [6.07, 6.45) is 13.7. The van der Waals surface area contributed by atoms with E-state index in [1.165, 1.54) is 44.9 Å². The highest BCUT2D eigenvalue weighted by atomic mass is 19.1. The van der Waals surface area contributed by atoms with Crippen molar-refractivity contribution in [3.8, 4) is 0 Å². The normalized spacial score (nSPS) is 11.2. The molecule has 0 aromatic heterocycles. The number of rotatable bonds is 9. The number of allylic oxidation sites excluding steroid dienone is 1. The fraction of sp³-hybridized carbons (Fsp3) is 0.833. The Labute approximate surface area is 82.2 Å². The van der Waals surface area contributed by atoms with Gasteiger partial charge in [0.1, 0.15) is 0 Å². The van der Waals surface area contributed by atoms with Gasteiger partial charge in [-0.25, -0.2) is 4.39 Å². The molecular weight excluding hydrogens is 163 g/mol. The lowest BCUT2D eigenvalue weighted by Crippen LogP contribution is -1.79. The van der Waals surface area contributed by atoms with Gasteiger partial charge < -0.3 is 0 Å². The molecule has 0 bridgehead atoms. The number of halogens is 1. The summed E-state index contributed by atoms with van der Waals surface area (Å²) in [5, 5.41) is 0. The van der Waals surface area contributed by atoms with Crippen LogP contribution in [0, 0.1) is 0 Å². The molecule has 0 aliphatic heterocycles. The standard InChI is InChI=1S/C12H23F/c1-2-3-4-5-6-7-8-9-10-11-12-13/h11-12H,2-10H2,1H3/b12-11-. The Bertz CT molecular complexity index is 108. The van der Waals surface area contributed by atoms with Gasteiger partial charge in [0, 0.05) is 0 Å². The summed E-state index contributed by atoms with van der Waals surface area (Å²) in [6.45, 7) is 2.24. The Hall–Kier alpha value is -0.330. The predicted molar refractivity (Wildman–Crippen MR) is 57.5 cm³/mol. The van der Waals surface area contributed by atoms with Crippen molar-refractivity contribution in [3.05, 3.63) is 12.4 Å². The first-order chi connectivity index (χ1) is 6.41. The molecule has 0 fully saturated rings. The van der Waals surface area contributed by atoms with Crippen LogP contribution < -0.4 is 0 Å². The molecule has 0 saturated heterocycles. The van der Waals surface area contributed by atoms with Crippen LogP contribution in [-0.4, -0.2) is 0 Å². The minimum absolute atomic E-state index is 0.654. The minimum atomic E-state index is 0.654. The summed E-state index contributed by atoms with van der Waals surface area (Å²) >= 11 is 0. The second-order valence-electron chi connectivity index (χ2n) is 3.63. The van der Waals surface area contributed by atoms with Gasteiger partial charge in [-0.05, 0) is 12.8 Å². The molecule has 0 aromatic rings. The maximum Gasteiger partial charge on any atom is 0.0827 e. The van der Waals surface area contributed by atoms with E-state index in [0.29, 0.717) is 6.33 Å². The summed E-state index contributed by atoms with van der Waals surface area (Å²) in [4.78, 5) is 0. The van der Waals surface area contributed by atoms with Gasteiger partial charge in [0.05, 0.1) is 6.33 Å². The summed E-state index contributed by atoms with van der Waals surface area (Å²) in [5.41, 5.74) is 0. The zero-order valence-electron chi connectivity index (χ0n) is 8.90. The Morgan fingerprint density at radius 2 is 1.38 bits per heavy atom. The van der Waals surface area contributed by atoms with Crippen LogP contribution in [0.1, 0.15) is 64.7 Å². The third-order valence-corrected chi connectivity index (χ3v) is 2.31. The minimum Gasteiger partial charge on any atom is -0.216 e. The topological polar surface area (TPSA) is 0 Å². The maximum atomic E-state index is 11.5. The molecule has 78 valence electrons. The molecule has 0 N–H and O–H groups in total. The molecule has 0 atom stereocenters. The smallest absolute Gasteiger partial charge is 0.0827 e. The Morgan fingerprint density at radius 1 is 0.846 bits per heavy atom. The molecule has 13 heavy (non-hydrogen) atoms. The van der Waals surface area contributed by atoms with Gasteiger partial charge in [0.25, 0.3) is 0 Å². The van der Waals surface area contributed by atoms with Crippen LogP contribution in [0.2, 0.25) is 0 Å². The fourth-order valence-electron chi connectivity index (χ4n) is 1.46. The Kier molecular flexibility index (Phi) is 11.4. The number of hydrogen-bond acceptors (Lipinski definition) is 0. The first kappa shape index (κ1) is 12.7. The van der Waals surface area contributed by atoms with Crippen molar-refractivity contribution >= 4 is 0 Å². The van der Waals surface area contributed by atoms with Crippen molar-refractivity contribution in [1.29, 1.82) is 0 Å². The quantitative estimate of drug-likeness (QED) is 0.444. The van der Waals surface area contributed by atoms with Crippen LogP contribution in [0.15, 0.2) is 12.4 Å². The molecule has 0 aromatic carbocycles. The average molecular weight is 186 g/mol. The second kappa shape index (κ2) is 11.7. The van der Waals surface area contributed by atoms with Crippen molar-refractivity contribution in [3.63, 3.8) is 0 Å². The molecule has 0 amide bonds. The summed E-state index contributed by atoms with van der Waals surface area (Å²) < 4.78 is 11.5. The fourth-order valence-corrected chi connectivity index (χ4v) is 1.46. The van der Waals surface area contributed by atoms with Gasteiger partial charge >= 0.3 is 0 Å². The van der Waals surface area contributed by atoms with Gasteiger partial charge in [0.2, 0.25) is 0 Å². The van der Waals surface area contributed by atoms with Crippen molar-refractivity contribution in [2.24, 2.45) is 0 Å². The molecule has 0 nitrogen and oxygen atoms in total. The van der Waals surface area contributed by atoms with Crippen molar-refractivity contribution in [1.82, 2.24) is 0 Å². The van der Waals surface area contributed by atoms with Crippen molar-refractivity contribution in [2.45, 2.75) is 64.7 Å². The number of unbranched alkanes of at least 4 members (excludes halogenated alkanes) is 8. The Balaban J connectivity index is 2.83. The van der Waals surface area contributed by atoms with Crippen molar-refractivity contribution in [2.75, 3.05) is 0 Å². The molecule has 0 radical (unpaired) electrons. The first-order valence-corrected chi connectivity index (χ1v) is 5.67. The zero-order chi connectivity index (χ0) is 9.78. The van der Waals surface area contributed by atoms with Gasteiger partial charge in [-0.2, -0.15) is 0 Å². The van der Waals surface area contributed by atoms with Gasteiger partial charge in [-0.3, -0.25) is 0 Å². The monoisotopic (exact) mass is 186 g/mol. The lowest BCUT2D eigenvalue weighted by atomic mass is 10.1. The molecule has 0 rings (SSSR count). The highest BCUT2D eigenvalue weighted by Crippen LogP contribution is 2.09. The molecule has 0 spiro atoms. The van der Waals surface area contributed by atoms with Crippen LogP contribution in [0.5, 0.6) is 0 Å². The highest BCUT2D eigenvalue weighted by molar-refractivity contribution is 4.71. The average Bonchev–Trinajstić information content (AvgIpc) is 2.16. The van der Waals surface area contributed by atoms with Crippen LogP contribution in [-0.2, 0) is 0 Å². The lowest BCUT2D eigenvalue weighted by Gasteiger charge is -1.99. The van der Waals surface area contributed by atoms with Crippen molar-refractivity contribution < 1.29 is 4.39 Å². The predicted octanol–water partition coefficient (Wildman–Crippen LogP) is 5.00. The van der Waals surface area contributed by atoms with E-state index in [4.69, 9.17) is 0 Å². The summed E-state index contributed by atoms with van der Waals surface area (Å²) in [5.74, 6) is 0. The molecule has 0 aliphatic rings. The highest BCUT2D eigenvalue weighted by Gasteiger charge is 1.89. The Morgan fingerprint density at radius 3 is 1.92 bits per heavy atom. The summed E-state index contributed by atoms with van der Waals surface area (Å²) in [7, 11) is 0. The van der Waals surface area contributed by atoms with E-state index in [1.54, 1.807) is 6.08 Å². The van der Waals surface area contributed by atoms with Gasteiger partial charge in [-0.1, -0.05) is 57.9 Å². The van der Waals surface area contributed by atoms with Crippen LogP contribution in [0.4, 0.5) is 4.39 Å². The van der Waals surface area contributed by atoms with E-state index in [0.717, 1.165) is 12.8 Å². The third kappa shape index (κ3) is 11.7. The first-order valence-electron chi connectivity index (χ1n) is 5.67. The molecule has 0 aliphatic carbocycles. The molecule has 1 heteroatoms. The van der Waals surface area contributed by atoms with Gasteiger partial charge in [0.15, 0.2) is 0 Å². The zero-order valence-corrected chi connectivity index (χ0v) is 8.90. The van der Waals surface area contributed by atoms with E-state index in [9.17, 15) is 4.39 Å². The molecular formula is C12H23F. The maximum absolute atomic E-state index is 11.5. The van der Waals surface area contributed by atoms with Gasteiger partial charge in [-0.15, -0.1) is 0 Å². The van der Waals surface area contributed by atoms with Crippen LogP contribution in [0.25, 0.3) is 0 Å². The second-order valence-corrected chi connectivity index (χ2v) is 3.63. The molecule has 0 saturated carbocycles. The lowest BCUT2D eigenvalue weighted by molar-refractivity contribution is 0.576. The van der Waals surface area contributed by atoms with Crippen LogP contribution >= 0.6 is 0 Å². The third-order valence-electron chi connectivity index (χ3n) is 2.31. The van der Waals surface area contributed by atoms with E-state index >= 15 is 0 Å². The molecule has 0 heterocycles. The van der Waals surface area contributed by atoms with E-state index < -0.39 is 0 Å². The van der Waals surface area contributed by atoms with E-state index in [-0.39, 0.29) is 0 Å². The molecule has 0 unspecified atom stereocenters.